The number of nitrogens with one attached hydrogen (secondary N) is 1. The second-order valence-corrected chi connectivity index (χ2v) is 9.76. The van der Waals surface area contributed by atoms with Gasteiger partial charge in [0, 0.05) is 43.1 Å². The number of anilines is 1. The maximum absolute atomic E-state index is 14.9. The molecule has 1 aromatic heterocycles. The molecule has 2 saturated heterocycles. The van der Waals surface area contributed by atoms with Gasteiger partial charge in [-0.1, -0.05) is 18.2 Å². The molecule has 1 unspecified atom stereocenters. The van der Waals surface area contributed by atoms with Gasteiger partial charge in [-0.3, -0.25) is 4.90 Å². The number of aromatic nitrogens is 2. The first-order valence-corrected chi connectivity index (χ1v) is 13.2. The number of hydrogen-bond acceptors (Lipinski definition) is 8. The SMILES string of the molecule is Cc1nc(N[C@H](C)c2cccc(C(F)F)c2F)c2cc(OC3CCOC3)c(OCCN3CCOCC3)cc2n1. The van der Waals surface area contributed by atoms with E-state index in [2.05, 4.69) is 20.2 Å². The van der Waals surface area contributed by atoms with E-state index in [4.69, 9.17) is 18.9 Å². The summed E-state index contributed by atoms with van der Waals surface area (Å²) in [6, 6.07) is 7.01. The zero-order valence-electron chi connectivity index (χ0n) is 22.1. The lowest BCUT2D eigenvalue weighted by Crippen LogP contribution is -2.38. The van der Waals surface area contributed by atoms with Gasteiger partial charge < -0.3 is 24.3 Å². The van der Waals surface area contributed by atoms with Crippen LogP contribution in [-0.2, 0) is 9.47 Å². The molecular weight excluding hydrogens is 513 g/mol. The van der Waals surface area contributed by atoms with E-state index in [1.165, 1.54) is 12.1 Å². The van der Waals surface area contributed by atoms with Crippen LogP contribution in [0.5, 0.6) is 11.5 Å². The number of benzene rings is 2. The molecule has 2 fully saturated rings. The summed E-state index contributed by atoms with van der Waals surface area (Å²) in [5, 5.41) is 3.85. The summed E-state index contributed by atoms with van der Waals surface area (Å²) in [7, 11) is 0. The normalized spacial score (nSPS) is 19.0. The van der Waals surface area contributed by atoms with E-state index < -0.39 is 23.8 Å². The Labute approximate surface area is 225 Å². The minimum Gasteiger partial charge on any atom is -0.488 e. The van der Waals surface area contributed by atoms with E-state index in [9.17, 15) is 13.2 Å². The van der Waals surface area contributed by atoms with Crippen molar-refractivity contribution in [1.29, 1.82) is 0 Å². The summed E-state index contributed by atoms with van der Waals surface area (Å²) < 4.78 is 64.8. The second kappa shape index (κ2) is 12.4. The van der Waals surface area contributed by atoms with Crippen LogP contribution in [0.1, 0.15) is 42.8 Å². The summed E-state index contributed by atoms with van der Waals surface area (Å²) in [4.78, 5) is 11.4. The van der Waals surface area contributed by atoms with Crippen LogP contribution in [0.2, 0.25) is 0 Å². The van der Waals surface area contributed by atoms with Gasteiger partial charge in [0.05, 0.1) is 43.5 Å². The molecule has 2 aliphatic rings. The van der Waals surface area contributed by atoms with Gasteiger partial charge in [-0.2, -0.15) is 0 Å². The fourth-order valence-corrected chi connectivity index (χ4v) is 4.82. The quantitative estimate of drug-likeness (QED) is 0.378. The van der Waals surface area contributed by atoms with E-state index in [0.29, 0.717) is 67.1 Å². The number of nitrogens with zero attached hydrogens (tertiary/aromatic N) is 3. The molecule has 5 rings (SSSR count). The Kier molecular flexibility index (Phi) is 8.69. The maximum Gasteiger partial charge on any atom is 0.266 e. The van der Waals surface area contributed by atoms with Crippen molar-refractivity contribution in [2.75, 3.05) is 58.0 Å². The van der Waals surface area contributed by atoms with Crippen LogP contribution in [0.25, 0.3) is 10.9 Å². The minimum atomic E-state index is -2.90. The van der Waals surface area contributed by atoms with Crippen molar-refractivity contribution >= 4 is 16.7 Å². The van der Waals surface area contributed by atoms with Gasteiger partial charge in [0.15, 0.2) is 11.5 Å². The van der Waals surface area contributed by atoms with Crippen molar-refractivity contribution < 1.29 is 32.1 Å². The van der Waals surface area contributed by atoms with E-state index in [-0.39, 0.29) is 11.7 Å². The number of fused-ring (bicyclic) bond motifs is 1. The zero-order valence-corrected chi connectivity index (χ0v) is 22.1. The molecule has 210 valence electrons. The number of alkyl halides is 2. The molecule has 2 atom stereocenters. The van der Waals surface area contributed by atoms with Crippen LogP contribution in [0.4, 0.5) is 19.0 Å². The molecule has 0 saturated carbocycles. The van der Waals surface area contributed by atoms with Gasteiger partial charge in [0.2, 0.25) is 0 Å². The second-order valence-electron chi connectivity index (χ2n) is 9.76. The number of hydrogen-bond donors (Lipinski definition) is 1. The van der Waals surface area contributed by atoms with E-state index in [1.54, 1.807) is 13.8 Å². The van der Waals surface area contributed by atoms with Gasteiger partial charge in [-0.15, -0.1) is 0 Å². The molecule has 0 bridgehead atoms. The molecule has 0 amide bonds. The van der Waals surface area contributed by atoms with Gasteiger partial charge in [0.25, 0.3) is 6.43 Å². The van der Waals surface area contributed by atoms with Gasteiger partial charge in [0.1, 0.15) is 30.2 Å². The molecule has 3 aromatic rings. The lowest BCUT2D eigenvalue weighted by atomic mass is 10.0. The number of rotatable bonds is 10. The van der Waals surface area contributed by atoms with E-state index in [1.807, 2.05) is 12.1 Å². The number of aryl methyl sites for hydroxylation is 1. The van der Waals surface area contributed by atoms with Gasteiger partial charge in [-0.05, 0) is 19.9 Å². The zero-order chi connectivity index (χ0) is 27.4. The average molecular weight is 547 g/mol. The van der Waals surface area contributed by atoms with Crippen molar-refractivity contribution in [3.05, 3.63) is 53.1 Å². The largest absolute Gasteiger partial charge is 0.488 e. The third-order valence-corrected chi connectivity index (χ3v) is 6.94. The highest BCUT2D eigenvalue weighted by Gasteiger charge is 2.23. The summed E-state index contributed by atoms with van der Waals surface area (Å²) in [6.45, 7) is 8.95. The molecule has 3 heterocycles. The summed E-state index contributed by atoms with van der Waals surface area (Å²) >= 11 is 0. The Hall–Kier alpha value is -3.15. The Balaban J connectivity index is 1.44. The van der Waals surface area contributed by atoms with Crippen molar-refractivity contribution in [3.8, 4) is 11.5 Å². The molecule has 1 N–H and O–H groups in total. The molecule has 0 spiro atoms. The van der Waals surface area contributed by atoms with E-state index in [0.717, 1.165) is 32.1 Å². The summed E-state index contributed by atoms with van der Waals surface area (Å²) in [6.07, 6.45) is -2.26. The predicted molar refractivity (Wildman–Crippen MR) is 140 cm³/mol. The van der Waals surface area contributed by atoms with Crippen LogP contribution in [0.3, 0.4) is 0 Å². The molecule has 11 heteroatoms. The lowest BCUT2D eigenvalue weighted by Gasteiger charge is -2.26. The first-order chi connectivity index (χ1) is 18.9. The number of halogens is 3. The number of morpholine rings is 1. The Morgan fingerprint density at radius 1 is 1.08 bits per heavy atom. The van der Waals surface area contributed by atoms with Crippen molar-refractivity contribution in [2.45, 2.75) is 38.8 Å². The summed E-state index contributed by atoms with van der Waals surface area (Å²) in [5.41, 5.74) is 0.119. The van der Waals surface area contributed by atoms with Gasteiger partial charge in [-0.25, -0.2) is 23.1 Å². The predicted octanol–water partition coefficient (Wildman–Crippen LogP) is 5.07. The third kappa shape index (κ3) is 6.54. The first kappa shape index (κ1) is 27.4. The third-order valence-electron chi connectivity index (χ3n) is 6.94. The molecular formula is C28H33F3N4O4. The molecule has 39 heavy (non-hydrogen) atoms. The molecule has 0 radical (unpaired) electrons. The molecule has 0 aliphatic carbocycles. The van der Waals surface area contributed by atoms with Crippen molar-refractivity contribution in [1.82, 2.24) is 14.9 Å². The molecule has 2 aromatic carbocycles. The highest BCUT2D eigenvalue weighted by molar-refractivity contribution is 5.92. The lowest BCUT2D eigenvalue weighted by molar-refractivity contribution is 0.0319. The van der Waals surface area contributed by atoms with Gasteiger partial charge >= 0.3 is 0 Å². The molecule has 8 nitrogen and oxygen atoms in total. The Morgan fingerprint density at radius 2 is 1.87 bits per heavy atom. The maximum atomic E-state index is 14.9. The standard InChI is InChI=1S/C28H33F3N4O4/c1-17(20-4-3-5-21(26(20)29)27(30)31)32-28-22-14-25(39-19-6-10-37-16-19)24(15-23(22)33-18(2)34-28)38-13-9-35-7-11-36-12-8-35/h3-5,14-15,17,19,27H,6-13,16H2,1-2H3,(H,32,33,34)/t17-,19?/m1/s1. The van der Waals surface area contributed by atoms with Crippen LogP contribution in [0, 0.1) is 12.7 Å². The first-order valence-electron chi connectivity index (χ1n) is 13.2. The summed E-state index contributed by atoms with van der Waals surface area (Å²) in [5.74, 6) is 1.11. The fraction of sp³-hybridized carbons (Fsp3) is 0.500. The van der Waals surface area contributed by atoms with Crippen molar-refractivity contribution in [3.63, 3.8) is 0 Å². The van der Waals surface area contributed by atoms with Crippen LogP contribution in [0.15, 0.2) is 30.3 Å². The van der Waals surface area contributed by atoms with Crippen molar-refractivity contribution in [2.24, 2.45) is 0 Å². The average Bonchev–Trinajstić information content (AvgIpc) is 3.43. The van der Waals surface area contributed by atoms with E-state index >= 15 is 0 Å². The molecule has 2 aliphatic heterocycles. The topological polar surface area (TPSA) is 78.0 Å². The smallest absolute Gasteiger partial charge is 0.266 e. The number of ether oxygens (including phenoxy) is 4. The van der Waals surface area contributed by atoms with Crippen LogP contribution < -0.4 is 14.8 Å². The Bertz CT molecular complexity index is 1280. The monoisotopic (exact) mass is 546 g/mol. The fourth-order valence-electron chi connectivity index (χ4n) is 4.82. The highest BCUT2D eigenvalue weighted by atomic mass is 19.3. The van der Waals surface area contributed by atoms with Crippen LogP contribution >= 0.6 is 0 Å². The van der Waals surface area contributed by atoms with Crippen LogP contribution in [-0.4, -0.2) is 73.6 Å². The Morgan fingerprint density at radius 3 is 2.62 bits per heavy atom. The highest BCUT2D eigenvalue weighted by Crippen LogP contribution is 2.37. The minimum absolute atomic E-state index is 0.114.